The zero-order chi connectivity index (χ0) is 23.8. The molecule has 1 amide bonds. The van der Waals surface area contributed by atoms with Crippen LogP contribution in [-0.2, 0) is 6.42 Å². The van der Waals surface area contributed by atoms with Crippen molar-refractivity contribution in [3.05, 3.63) is 69.6 Å². The molecule has 0 unspecified atom stereocenters. The molecule has 1 aliphatic heterocycles. The molecule has 0 radical (unpaired) electrons. The topological polar surface area (TPSA) is 90.6 Å². The maximum atomic E-state index is 13.7. The van der Waals surface area contributed by atoms with Gasteiger partial charge in [-0.15, -0.1) is 0 Å². The Kier molecular flexibility index (Phi) is 6.99. The summed E-state index contributed by atoms with van der Waals surface area (Å²) in [6.45, 7) is 2.56. The van der Waals surface area contributed by atoms with Gasteiger partial charge in [-0.2, -0.15) is 15.7 Å². The number of amides is 1. The molecule has 3 N–H and O–H groups in total. The van der Waals surface area contributed by atoms with Crippen molar-refractivity contribution in [1.29, 1.82) is 0 Å². The third kappa shape index (κ3) is 5.18. The summed E-state index contributed by atoms with van der Waals surface area (Å²) in [7, 11) is -2.58. The molecule has 0 saturated carbocycles. The third-order valence-electron chi connectivity index (χ3n) is 5.44. The average Bonchev–Trinajstić information content (AvgIpc) is 3.15. The van der Waals surface area contributed by atoms with E-state index in [1.807, 2.05) is 19.1 Å². The lowest BCUT2D eigenvalue weighted by atomic mass is 10.0. The van der Waals surface area contributed by atoms with Crippen LogP contribution in [0.3, 0.4) is 0 Å². The lowest BCUT2D eigenvalue weighted by Gasteiger charge is -2.40. The minimum absolute atomic E-state index is 0.156. The molecule has 1 aliphatic rings. The van der Waals surface area contributed by atoms with Gasteiger partial charge < -0.3 is 0 Å². The van der Waals surface area contributed by atoms with Gasteiger partial charge in [0.25, 0.3) is 5.91 Å². The Morgan fingerprint density at radius 3 is 2.42 bits per heavy atom. The van der Waals surface area contributed by atoms with E-state index in [4.69, 9.17) is 23.2 Å². The van der Waals surface area contributed by atoms with Crippen molar-refractivity contribution in [2.45, 2.75) is 13.3 Å². The number of nitrogens with one attached hydrogen (secondary N) is 1. The SMILES string of the molecule is CCc1c(C(=O)NN2CCS(O)(O)CC2)nn(-c2ccc(F)cc2Cl)c1-c1ccc(Cl)cc1. The van der Waals surface area contributed by atoms with E-state index in [1.165, 1.54) is 18.2 Å². The molecule has 0 aliphatic carbocycles. The van der Waals surface area contributed by atoms with Gasteiger partial charge >= 0.3 is 0 Å². The van der Waals surface area contributed by atoms with E-state index >= 15 is 0 Å². The van der Waals surface area contributed by atoms with Crippen molar-refractivity contribution in [2.24, 2.45) is 0 Å². The van der Waals surface area contributed by atoms with Gasteiger partial charge in [0.2, 0.25) is 0 Å². The quantitative estimate of drug-likeness (QED) is 0.433. The Balaban J connectivity index is 1.78. The third-order valence-corrected chi connectivity index (χ3v) is 7.67. The normalized spacial score (nSPS) is 17.0. The van der Waals surface area contributed by atoms with Crippen LogP contribution in [-0.4, -0.2) is 54.4 Å². The number of carbonyl (C=O) groups is 1. The maximum absolute atomic E-state index is 13.7. The monoisotopic (exact) mass is 512 g/mol. The second kappa shape index (κ2) is 9.61. The highest BCUT2D eigenvalue weighted by Crippen LogP contribution is 2.40. The molecule has 176 valence electrons. The summed E-state index contributed by atoms with van der Waals surface area (Å²) in [5, 5.41) is 6.96. The minimum Gasteiger partial charge on any atom is -0.299 e. The highest BCUT2D eigenvalue weighted by Gasteiger charge is 2.28. The molecule has 3 aromatic rings. The van der Waals surface area contributed by atoms with Crippen LogP contribution in [0.2, 0.25) is 10.0 Å². The number of halogens is 3. The Bertz CT molecular complexity index is 1180. The van der Waals surface area contributed by atoms with E-state index in [1.54, 1.807) is 21.8 Å². The molecular weight excluding hydrogens is 490 g/mol. The molecule has 4 rings (SSSR count). The minimum atomic E-state index is -2.58. The summed E-state index contributed by atoms with van der Waals surface area (Å²) >= 11 is 12.4. The predicted molar refractivity (Wildman–Crippen MR) is 130 cm³/mol. The molecule has 0 bridgehead atoms. The zero-order valence-corrected chi connectivity index (χ0v) is 20.1. The van der Waals surface area contributed by atoms with Crippen LogP contribution in [0.4, 0.5) is 4.39 Å². The molecule has 11 heteroatoms. The van der Waals surface area contributed by atoms with Crippen LogP contribution in [0.1, 0.15) is 23.0 Å². The van der Waals surface area contributed by atoms with Gasteiger partial charge in [0.15, 0.2) is 5.69 Å². The van der Waals surface area contributed by atoms with Gasteiger partial charge in [0.1, 0.15) is 5.82 Å². The summed E-state index contributed by atoms with van der Waals surface area (Å²) in [4.78, 5) is 13.2. The molecular formula is C22H23Cl2FN4O3S. The summed E-state index contributed by atoms with van der Waals surface area (Å²) in [6.07, 6.45) is 0.500. The maximum Gasteiger partial charge on any atom is 0.286 e. The van der Waals surface area contributed by atoms with E-state index in [9.17, 15) is 18.3 Å². The summed E-state index contributed by atoms with van der Waals surface area (Å²) < 4.78 is 34.9. The molecule has 7 nitrogen and oxygen atoms in total. The molecule has 2 heterocycles. The second-order valence-corrected chi connectivity index (χ2v) is 10.9. The Hall–Kier alpha value is -2.14. The van der Waals surface area contributed by atoms with Crippen LogP contribution in [0.25, 0.3) is 16.9 Å². The van der Waals surface area contributed by atoms with E-state index < -0.39 is 22.3 Å². The first-order valence-electron chi connectivity index (χ1n) is 10.3. The van der Waals surface area contributed by atoms with Crippen LogP contribution in [0, 0.1) is 5.82 Å². The molecule has 1 saturated heterocycles. The highest BCUT2D eigenvalue weighted by atomic mass is 35.5. The van der Waals surface area contributed by atoms with Gasteiger partial charge in [0.05, 0.1) is 27.9 Å². The molecule has 0 atom stereocenters. The van der Waals surface area contributed by atoms with Gasteiger partial charge in [0, 0.05) is 29.2 Å². The summed E-state index contributed by atoms with van der Waals surface area (Å²) in [5.41, 5.74) is 5.58. The van der Waals surface area contributed by atoms with Crippen LogP contribution in [0.15, 0.2) is 42.5 Å². The largest absolute Gasteiger partial charge is 0.299 e. The van der Waals surface area contributed by atoms with Crippen molar-refractivity contribution in [3.63, 3.8) is 0 Å². The first-order valence-corrected chi connectivity index (χ1v) is 13.0. The Labute approximate surface area is 202 Å². The molecule has 1 aromatic heterocycles. The van der Waals surface area contributed by atoms with Gasteiger partial charge in [-0.3, -0.25) is 19.3 Å². The standard InChI is InChI=1S/C22H23Cl2FN4O3S/c1-2-17-20(22(30)27-28-9-11-33(31,32)12-10-28)26-29(19-8-7-16(25)13-18(19)24)21(17)14-3-5-15(23)6-4-14/h3-8,13,31-32H,2,9-12H2,1H3,(H,27,30). The van der Waals surface area contributed by atoms with Crippen LogP contribution >= 0.6 is 33.8 Å². The first kappa shape index (κ1) is 24.0. The molecule has 2 aromatic carbocycles. The van der Waals surface area contributed by atoms with Crippen molar-refractivity contribution >= 4 is 39.7 Å². The number of hydrazine groups is 1. The average molecular weight is 513 g/mol. The number of nitrogens with zero attached hydrogens (tertiary/aromatic N) is 3. The second-order valence-electron chi connectivity index (χ2n) is 7.68. The Morgan fingerprint density at radius 2 is 1.82 bits per heavy atom. The van der Waals surface area contributed by atoms with E-state index in [-0.39, 0.29) is 22.2 Å². The van der Waals surface area contributed by atoms with Gasteiger partial charge in [-0.1, -0.05) is 42.3 Å². The molecule has 0 spiro atoms. The van der Waals surface area contributed by atoms with Crippen molar-refractivity contribution in [3.8, 4) is 16.9 Å². The summed E-state index contributed by atoms with van der Waals surface area (Å²) in [6, 6.07) is 11.1. The first-order chi connectivity index (χ1) is 15.7. The number of carbonyl (C=O) groups excluding carboxylic acids is 1. The van der Waals surface area contributed by atoms with Crippen molar-refractivity contribution in [1.82, 2.24) is 20.2 Å². The van der Waals surface area contributed by atoms with Gasteiger partial charge in [-0.25, -0.2) is 14.1 Å². The fraction of sp³-hybridized carbons (Fsp3) is 0.273. The Morgan fingerprint density at radius 1 is 1.15 bits per heavy atom. The summed E-state index contributed by atoms with van der Waals surface area (Å²) in [5.74, 6) is -0.501. The molecule has 1 fully saturated rings. The lowest BCUT2D eigenvalue weighted by Crippen LogP contribution is -2.49. The van der Waals surface area contributed by atoms with E-state index in [0.29, 0.717) is 41.5 Å². The van der Waals surface area contributed by atoms with E-state index in [2.05, 4.69) is 10.5 Å². The molecule has 33 heavy (non-hydrogen) atoms. The smallest absolute Gasteiger partial charge is 0.286 e. The number of rotatable bonds is 5. The lowest BCUT2D eigenvalue weighted by molar-refractivity contribution is 0.0792. The van der Waals surface area contributed by atoms with Crippen LogP contribution in [0.5, 0.6) is 0 Å². The number of hydrogen-bond acceptors (Lipinski definition) is 5. The van der Waals surface area contributed by atoms with Gasteiger partial charge in [-0.05, 0) is 36.8 Å². The number of aromatic nitrogens is 2. The van der Waals surface area contributed by atoms with E-state index in [0.717, 1.165) is 5.56 Å². The fourth-order valence-corrected chi connectivity index (χ4v) is 5.34. The van der Waals surface area contributed by atoms with Crippen molar-refractivity contribution < 1.29 is 18.3 Å². The predicted octanol–water partition coefficient (Wildman–Crippen LogP) is 5.26. The number of hydrogen-bond donors (Lipinski definition) is 3. The highest BCUT2D eigenvalue weighted by molar-refractivity contribution is 8.24. The van der Waals surface area contributed by atoms with Crippen molar-refractivity contribution in [2.75, 3.05) is 24.6 Å². The fourth-order valence-electron chi connectivity index (χ4n) is 3.73. The zero-order valence-electron chi connectivity index (χ0n) is 17.8. The number of benzene rings is 2. The van der Waals surface area contributed by atoms with Crippen LogP contribution < -0.4 is 5.43 Å².